The van der Waals surface area contributed by atoms with Crippen molar-refractivity contribution in [2.45, 2.75) is 13.0 Å². The van der Waals surface area contributed by atoms with Gasteiger partial charge in [-0.3, -0.25) is 4.98 Å². The van der Waals surface area contributed by atoms with E-state index in [1.54, 1.807) is 12.3 Å². The lowest BCUT2D eigenvalue weighted by atomic mass is 10.0. The van der Waals surface area contributed by atoms with Crippen LogP contribution in [-0.2, 0) is 0 Å². The molecule has 0 spiro atoms. The molecule has 1 atom stereocenters. The van der Waals surface area contributed by atoms with Crippen molar-refractivity contribution in [2.24, 2.45) is 0 Å². The molecule has 0 aliphatic rings. The van der Waals surface area contributed by atoms with Crippen LogP contribution < -0.4 is 5.32 Å². The van der Waals surface area contributed by atoms with E-state index in [9.17, 15) is 4.39 Å². The fourth-order valence-electron chi connectivity index (χ4n) is 2.33. The summed E-state index contributed by atoms with van der Waals surface area (Å²) < 4.78 is 14.6. The normalized spacial score (nSPS) is 12.0. The molecule has 0 radical (unpaired) electrons. The summed E-state index contributed by atoms with van der Waals surface area (Å²) in [6, 6.07) is 15.7. The van der Waals surface area contributed by atoms with Crippen molar-refractivity contribution >= 4 is 21.7 Å². The van der Waals surface area contributed by atoms with Crippen molar-refractivity contribution in [3.8, 4) is 0 Å². The number of rotatable bonds is 4. The fourth-order valence-corrected chi connectivity index (χ4v) is 2.55. The minimum Gasteiger partial charge on any atom is -0.358 e. The number of pyridine rings is 2. The number of aromatic nitrogens is 2. The minimum atomic E-state index is -0.278. The van der Waals surface area contributed by atoms with Crippen molar-refractivity contribution in [2.75, 3.05) is 5.32 Å². The van der Waals surface area contributed by atoms with Crippen LogP contribution in [-0.4, -0.2) is 9.97 Å². The fraction of sp³-hybridized carbons (Fsp3) is 0.111. The molecule has 116 valence electrons. The molecule has 1 unspecified atom stereocenters. The van der Waals surface area contributed by atoms with Crippen LogP contribution in [0, 0.1) is 12.7 Å². The van der Waals surface area contributed by atoms with Gasteiger partial charge < -0.3 is 5.32 Å². The highest BCUT2D eigenvalue weighted by Crippen LogP contribution is 2.26. The quantitative estimate of drug-likeness (QED) is 0.709. The molecule has 0 saturated heterocycles. The lowest BCUT2D eigenvalue weighted by Gasteiger charge is -2.20. The van der Waals surface area contributed by atoms with E-state index in [2.05, 4.69) is 31.2 Å². The summed E-state index contributed by atoms with van der Waals surface area (Å²) in [5.41, 5.74) is 2.49. The Morgan fingerprint density at radius 2 is 1.96 bits per heavy atom. The van der Waals surface area contributed by atoms with E-state index in [4.69, 9.17) is 0 Å². The minimum absolute atomic E-state index is 0.273. The Hall–Kier alpha value is -2.27. The molecule has 0 bridgehead atoms. The number of aryl methyl sites for hydroxylation is 1. The summed E-state index contributed by atoms with van der Waals surface area (Å²) in [4.78, 5) is 8.91. The first-order valence-electron chi connectivity index (χ1n) is 7.19. The van der Waals surface area contributed by atoms with Gasteiger partial charge in [0.05, 0.1) is 17.4 Å². The van der Waals surface area contributed by atoms with Gasteiger partial charge in [-0.25, -0.2) is 9.37 Å². The van der Waals surface area contributed by atoms with Gasteiger partial charge in [-0.2, -0.15) is 0 Å². The molecule has 0 saturated carbocycles. The Kier molecular flexibility index (Phi) is 4.67. The highest BCUT2D eigenvalue weighted by atomic mass is 79.9. The first kappa shape index (κ1) is 15.6. The van der Waals surface area contributed by atoms with E-state index in [0.717, 1.165) is 21.4 Å². The van der Waals surface area contributed by atoms with Crippen LogP contribution in [0.4, 0.5) is 10.2 Å². The van der Waals surface area contributed by atoms with Crippen molar-refractivity contribution in [1.29, 1.82) is 0 Å². The van der Waals surface area contributed by atoms with Gasteiger partial charge >= 0.3 is 0 Å². The molecule has 1 aromatic carbocycles. The van der Waals surface area contributed by atoms with Crippen LogP contribution in [0.2, 0.25) is 0 Å². The van der Waals surface area contributed by atoms with E-state index in [0.29, 0.717) is 5.82 Å². The van der Waals surface area contributed by atoms with Crippen LogP contribution in [0.15, 0.2) is 65.3 Å². The Balaban J connectivity index is 2.00. The van der Waals surface area contributed by atoms with Crippen molar-refractivity contribution in [1.82, 2.24) is 9.97 Å². The van der Waals surface area contributed by atoms with Gasteiger partial charge in [-0.1, -0.05) is 18.2 Å². The van der Waals surface area contributed by atoms with E-state index >= 15 is 0 Å². The third kappa shape index (κ3) is 3.74. The molecular formula is C18H15BrFN3. The van der Waals surface area contributed by atoms with Crippen LogP contribution in [0.25, 0.3) is 0 Å². The van der Waals surface area contributed by atoms with E-state index < -0.39 is 0 Å². The van der Waals surface area contributed by atoms with Gasteiger partial charge in [0.25, 0.3) is 0 Å². The molecule has 23 heavy (non-hydrogen) atoms. The lowest BCUT2D eigenvalue weighted by molar-refractivity contribution is 0.624. The summed E-state index contributed by atoms with van der Waals surface area (Å²) in [6.45, 7) is 1.92. The largest absolute Gasteiger partial charge is 0.358 e. The number of nitrogens with zero attached hydrogens (tertiary/aromatic N) is 2. The Bertz CT molecular complexity index is 808. The first-order valence-corrected chi connectivity index (χ1v) is 7.99. The van der Waals surface area contributed by atoms with Gasteiger partial charge in [-0.15, -0.1) is 0 Å². The Morgan fingerprint density at radius 3 is 2.65 bits per heavy atom. The maximum atomic E-state index is 13.6. The summed E-state index contributed by atoms with van der Waals surface area (Å²) in [6.07, 6.45) is 1.73. The maximum Gasteiger partial charge on any atom is 0.127 e. The van der Waals surface area contributed by atoms with Gasteiger partial charge in [0.1, 0.15) is 11.6 Å². The van der Waals surface area contributed by atoms with E-state index in [1.807, 2.05) is 43.3 Å². The second-order valence-electron chi connectivity index (χ2n) is 5.15. The van der Waals surface area contributed by atoms with Gasteiger partial charge in [0, 0.05) is 10.7 Å². The summed E-state index contributed by atoms with van der Waals surface area (Å²) in [5, 5.41) is 3.35. The van der Waals surface area contributed by atoms with Gasteiger partial charge in [-0.05, 0) is 64.8 Å². The molecule has 3 aromatic rings. The lowest BCUT2D eigenvalue weighted by Crippen LogP contribution is -2.15. The second-order valence-corrected chi connectivity index (χ2v) is 6.01. The monoisotopic (exact) mass is 371 g/mol. The number of halogens is 2. The average molecular weight is 372 g/mol. The summed E-state index contributed by atoms with van der Waals surface area (Å²) in [7, 11) is 0. The third-order valence-corrected chi connectivity index (χ3v) is 4.32. The molecular weight excluding hydrogens is 357 g/mol. The number of hydrogen-bond donors (Lipinski definition) is 1. The van der Waals surface area contributed by atoms with Gasteiger partial charge in [0.2, 0.25) is 0 Å². The summed E-state index contributed by atoms with van der Waals surface area (Å²) >= 11 is 3.44. The van der Waals surface area contributed by atoms with Gasteiger partial charge in [0.15, 0.2) is 0 Å². The zero-order valence-electron chi connectivity index (χ0n) is 12.5. The number of nitrogens with one attached hydrogen (secondary N) is 1. The topological polar surface area (TPSA) is 37.8 Å². The standard InChI is InChI=1S/C18H15BrFN3/c1-12-15(19)8-9-17(22-12)23-18(16-7-2-3-10-21-16)13-5-4-6-14(20)11-13/h2-11,18H,1H3,(H,22,23). The molecule has 0 fully saturated rings. The maximum absolute atomic E-state index is 13.6. The third-order valence-electron chi connectivity index (χ3n) is 3.48. The average Bonchev–Trinajstić information content (AvgIpc) is 2.56. The molecule has 2 heterocycles. The molecule has 3 nitrogen and oxygen atoms in total. The van der Waals surface area contributed by atoms with Crippen LogP contribution >= 0.6 is 15.9 Å². The van der Waals surface area contributed by atoms with E-state index in [-0.39, 0.29) is 11.9 Å². The Morgan fingerprint density at radius 1 is 1.09 bits per heavy atom. The first-order chi connectivity index (χ1) is 11.1. The predicted molar refractivity (Wildman–Crippen MR) is 92.8 cm³/mol. The van der Waals surface area contributed by atoms with E-state index in [1.165, 1.54) is 12.1 Å². The molecule has 3 rings (SSSR count). The number of anilines is 1. The Labute approximate surface area is 142 Å². The van der Waals surface area contributed by atoms with Crippen LogP contribution in [0.3, 0.4) is 0 Å². The molecule has 2 aromatic heterocycles. The molecule has 5 heteroatoms. The molecule has 0 amide bonds. The van der Waals surface area contributed by atoms with Crippen LogP contribution in [0.1, 0.15) is 23.0 Å². The van der Waals surface area contributed by atoms with Crippen molar-refractivity contribution in [3.05, 3.63) is 88.0 Å². The summed E-state index contributed by atoms with van der Waals surface area (Å²) in [5.74, 6) is 0.441. The second kappa shape index (κ2) is 6.87. The predicted octanol–water partition coefficient (Wildman–Crippen LogP) is 4.89. The smallest absolute Gasteiger partial charge is 0.127 e. The molecule has 0 aliphatic heterocycles. The molecule has 1 N–H and O–H groups in total. The number of hydrogen-bond acceptors (Lipinski definition) is 3. The van der Waals surface area contributed by atoms with Crippen molar-refractivity contribution < 1.29 is 4.39 Å². The zero-order valence-corrected chi connectivity index (χ0v) is 14.1. The molecule has 0 aliphatic carbocycles. The van der Waals surface area contributed by atoms with Crippen molar-refractivity contribution in [3.63, 3.8) is 0 Å². The number of benzene rings is 1. The highest BCUT2D eigenvalue weighted by molar-refractivity contribution is 9.10. The zero-order chi connectivity index (χ0) is 16.2. The van der Waals surface area contributed by atoms with Crippen LogP contribution in [0.5, 0.6) is 0 Å². The SMILES string of the molecule is Cc1nc(NC(c2cccc(F)c2)c2ccccn2)ccc1Br. The highest BCUT2D eigenvalue weighted by Gasteiger charge is 2.16.